The number of ether oxygens (including phenoxy) is 1. The fourth-order valence-corrected chi connectivity index (χ4v) is 4.92. The zero-order valence-electron chi connectivity index (χ0n) is 18.4. The topological polar surface area (TPSA) is 46.6 Å². The van der Waals surface area contributed by atoms with Crippen molar-refractivity contribution in [3.63, 3.8) is 0 Å². The molecule has 160 valence electrons. The number of sulfone groups is 1. The summed E-state index contributed by atoms with van der Waals surface area (Å²) in [6.07, 6.45) is 6.88. The molecular formula is C23H39NO3S. The minimum atomic E-state index is -2.97. The molecule has 1 aliphatic heterocycles. The smallest absolute Gasteiger partial charge is 0.155 e. The molecule has 4 nitrogen and oxygen atoms in total. The molecule has 1 aromatic carbocycles. The standard InChI is InChI=1S/C23H39NO3S/c1-19-17-24(18-20(2)27-19)22-14-12-21(13-15-22)11-9-7-6-8-10-16-28(25,26)23(3,4)5/h12-15,19-20H,6-11,16-18H2,1-5H3/t19-,20+. The number of rotatable bonds is 9. The van der Waals surface area contributed by atoms with Crippen molar-refractivity contribution in [2.24, 2.45) is 0 Å². The van der Waals surface area contributed by atoms with Crippen molar-refractivity contribution in [3.8, 4) is 0 Å². The van der Waals surface area contributed by atoms with Gasteiger partial charge in [0, 0.05) is 18.8 Å². The van der Waals surface area contributed by atoms with Crippen molar-refractivity contribution in [1.82, 2.24) is 0 Å². The predicted molar refractivity (Wildman–Crippen MR) is 119 cm³/mol. The molecule has 1 fully saturated rings. The predicted octanol–water partition coefficient (Wildman–Crippen LogP) is 5.01. The third-order valence-corrected chi connectivity index (χ3v) is 8.22. The van der Waals surface area contributed by atoms with E-state index >= 15 is 0 Å². The minimum Gasteiger partial charge on any atom is -0.372 e. The normalized spacial score (nSPS) is 21.1. The SMILES string of the molecule is C[C@@H]1CN(c2ccc(CCCCCCCS(=O)(=O)C(C)(C)C)cc2)C[C@H](C)O1. The number of nitrogens with zero attached hydrogens (tertiary/aromatic N) is 1. The van der Waals surface area contributed by atoms with Crippen LogP contribution in [0.2, 0.25) is 0 Å². The minimum absolute atomic E-state index is 0.279. The largest absolute Gasteiger partial charge is 0.372 e. The molecule has 0 amide bonds. The van der Waals surface area contributed by atoms with Gasteiger partial charge in [-0.25, -0.2) is 8.42 Å². The maximum atomic E-state index is 12.1. The average molecular weight is 410 g/mol. The first kappa shape index (κ1) is 23.2. The van der Waals surface area contributed by atoms with Crippen molar-refractivity contribution in [1.29, 1.82) is 0 Å². The van der Waals surface area contributed by atoms with E-state index in [1.165, 1.54) is 11.3 Å². The van der Waals surface area contributed by atoms with Gasteiger partial charge in [0.25, 0.3) is 0 Å². The van der Waals surface area contributed by atoms with E-state index in [2.05, 4.69) is 43.0 Å². The van der Waals surface area contributed by atoms with Crippen LogP contribution in [0.5, 0.6) is 0 Å². The number of anilines is 1. The van der Waals surface area contributed by atoms with E-state index in [9.17, 15) is 8.42 Å². The summed E-state index contributed by atoms with van der Waals surface area (Å²) >= 11 is 0. The zero-order valence-corrected chi connectivity index (χ0v) is 19.2. The Hall–Kier alpha value is -1.07. The summed E-state index contributed by atoms with van der Waals surface area (Å²) in [4.78, 5) is 2.41. The van der Waals surface area contributed by atoms with Gasteiger partial charge in [-0.1, -0.05) is 31.4 Å². The van der Waals surface area contributed by atoms with Crippen molar-refractivity contribution in [2.45, 2.75) is 90.1 Å². The summed E-state index contributed by atoms with van der Waals surface area (Å²) in [5.41, 5.74) is 2.67. The third kappa shape index (κ3) is 7.07. The Morgan fingerprint density at radius 3 is 2.04 bits per heavy atom. The van der Waals surface area contributed by atoms with Gasteiger partial charge >= 0.3 is 0 Å². The molecule has 1 heterocycles. The highest BCUT2D eigenvalue weighted by Gasteiger charge is 2.27. The van der Waals surface area contributed by atoms with Gasteiger partial charge in [-0.3, -0.25) is 0 Å². The van der Waals surface area contributed by atoms with Crippen LogP contribution in [0.1, 0.15) is 72.3 Å². The Morgan fingerprint density at radius 1 is 0.929 bits per heavy atom. The van der Waals surface area contributed by atoms with Crippen LogP contribution in [0.25, 0.3) is 0 Å². The number of unbranched alkanes of at least 4 members (excludes halogenated alkanes) is 4. The first-order valence-corrected chi connectivity index (χ1v) is 12.5. The van der Waals surface area contributed by atoms with E-state index in [0.717, 1.165) is 51.6 Å². The Bertz CT molecular complexity index is 682. The number of benzene rings is 1. The van der Waals surface area contributed by atoms with Gasteiger partial charge < -0.3 is 9.64 Å². The lowest BCUT2D eigenvalue weighted by Crippen LogP contribution is -2.45. The fraction of sp³-hybridized carbons (Fsp3) is 0.739. The van der Waals surface area contributed by atoms with Crippen molar-refractivity contribution in [2.75, 3.05) is 23.7 Å². The van der Waals surface area contributed by atoms with Crippen LogP contribution in [0, 0.1) is 0 Å². The number of morpholine rings is 1. The molecule has 0 spiro atoms. The van der Waals surface area contributed by atoms with Crippen LogP contribution in [0.15, 0.2) is 24.3 Å². The number of hydrogen-bond acceptors (Lipinski definition) is 4. The lowest BCUT2D eigenvalue weighted by Gasteiger charge is -2.36. The molecule has 0 unspecified atom stereocenters. The van der Waals surface area contributed by atoms with Crippen LogP contribution in [0.4, 0.5) is 5.69 Å². The molecule has 28 heavy (non-hydrogen) atoms. The van der Waals surface area contributed by atoms with E-state index in [4.69, 9.17) is 4.74 Å². The first-order chi connectivity index (χ1) is 13.1. The molecular weight excluding hydrogens is 370 g/mol. The van der Waals surface area contributed by atoms with Crippen LogP contribution in [-0.4, -0.2) is 44.2 Å². The maximum Gasteiger partial charge on any atom is 0.155 e. The second-order valence-corrected chi connectivity index (χ2v) is 12.1. The Kier molecular flexibility index (Phi) is 8.38. The molecule has 2 rings (SSSR count). The summed E-state index contributed by atoms with van der Waals surface area (Å²) < 4.78 is 29.4. The molecule has 0 aromatic heterocycles. The lowest BCUT2D eigenvalue weighted by molar-refractivity contribution is -0.00521. The summed E-state index contributed by atoms with van der Waals surface area (Å²) in [6.45, 7) is 11.5. The van der Waals surface area contributed by atoms with Gasteiger partial charge in [-0.2, -0.15) is 0 Å². The Balaban J connectivity index is 1.65. The maximum absolute atomic E-state index is 12.1. The summed E-state index contributed by atoms with van der Waals surface area (Å²) in [6, 6.07) is 8.96. The molecule has 0 radical (unpaired) electrons. The Labute approximate surface area is 172 Å². The molecule has 0 N–H and O–H groups in total. The second-order valence-electron chi connectivity index (χ2n) is 9.28. The van der Waals surface area contributed by atoms with Crippen molar-refractivity contribution >= 4 is 15.5 Å². The summed E-state index contributed by atoms with van der Waals surface area (Å²) in [5, 5.41) is 0. The highest BCUT2D eigenvalue weighted by atomic mass is 32.2. The molecule has 1 aliphatic rings. The zero-order chi connectivity index (χ0) is 20.8. The van der Waals surface area contributed by atoms with Gasteiger partial charge in [0.2, 0.25) is 0 Å². The van der Waals surface area contributed by atoms with E-state index in [1.807, 2.05) is 0 Å². The van der Waals surface area contributed by atoms with Crippen molar-refractivity contribution < 1.29 is 13.2 Å². The Morgan fingerprint density at radius 2 is 1.46 bits per heavy atom. The molecule has 0 saturated carbocycles. The van der Waals surface area contributed by atoms with E-state index in [-0.39, 0.29) is 12.2 Å². The molecule has 0 aliphatic carbocycles. The van der Waals surface area contributed by atoms with Crippen LogP contribution in [-0.2, 0) is 21.0 Å². The van der Waals surface area contributed by atoms with Gasteiger partial charge in [-0.15, -0.1) is 0 Å². The van der Waals surface area contributed by atoms with E-state index in [0.29, 0.717) is 5.75 Å². The third-order valence-electron chi connectivity index (χ3n) is 5.53. The monoisotopic (exact) mass is 409 g/mol. The molecule has 1 aromatic rings. The molecule has 1 saturated heterocycles. The molecule has 2 atom stereocenters. The van der Waals surface area contributed by atoms with Gasteiger partial charge in [0.05, 0.1) is 22.7 Å². The average Bonchev–Trinajstić information content (AvgIpc) is 2.59. The molecule has 0 bridgehead atoms. The van der Waals surface area contributed by atoms with Crippen LogP contribution >= 0.6 is 0 Å². The van der Waals surface area contributed by atoms with E-state index < -0.39 is 14.6 Å². The fourth-order valence-electron chi connectivity index (χ4n) is 3.72. The van der Waals surface area contributed by atoms with Crippen LogP contribution in [0.3, 0.4) is 0 Å². The summed E-state index contributed by atoms with van der Waals surface area (Å²) in [7, 11) is -2.97. The highest BCUT2D eigenvalue weighted by Crippen LogP contribution is 2.22. The number of hydrogen-bond donors (Lipinski definition) is 0. The van der Waals surface area contributed by atoms with Gasteiger partial charge in [0.15, 0.2) is 9.84 Å². The van der Waals surface area contributed by atoms with E-state index in [1.54, 1.807) is 20.8 Å². The van der Waals surface area contributed by atoms with Crippen LogP contribution < -0.4 is 4.90 Å². The van der Waals surface area contributed by atoms with Crippen molar-refractivity contribution in [3.05, 3.63) is 29.8 Å². The number of aryl methyl sites for hydroxylation is 1. The second kappa shape index (κ2) is 10.1. The van der Waals surface area contributed by atoms with Gasteiger partial charge in [0.1, 0.15) is 0 Å². The first-order valence-electron chi connectivity index (χ1n) is 10.8. The van der Waals surface area contributed by atoms with Gasteiger partial charge in [-0.05, 0) is 71.6 Å². The highest BCUT2D eigenvalue weighted by molar-refractivity contribution is 7.92. The lowest BCUT2D eigenvalue weighted by atomic mass is 10.0. The summed E-state index contributed by atoms with van der Waals surface area (Å²) in [5.74, 6) is 0.316. The quantitative estimate of drug-likeness (QED) is 0.538. The molecule has 5 heteroatoms.